The van der Waals surface area contributed by atoms with Crippen molar-refractivity contribution in [2.45, 2.75) is 26.3 Å². The summed E-state index contributed by atoms with van der Waals surface area (Å²) in [5.41, 5.74) is 1.11. The zero-order valence-electron chi connectivity index (χ0n) is 12.4. The number of hydrogen-bond acceptors (Lipinski definition) is 4. The zero-order chi connectivity index (χ0) is 14.5. The van der Waals surface area contributed by atoms with E-state index in [1.54, 1.807) is 12.3 Å². The topological polar surface area (TPSA) is 57.3 Å². The molecule has 106 valence electrons. The molecule has 1 amide bonds. The van der Waals surface area contributed by atoms with Gasteiger partial charge in [-0.25, -0.2) is 4.98 Å². The van der Waals surface area contributed by atoms with Crippen molar-refractivity contribution in [1.29, 1.82) is 0 Å². The minimum absolute atomic E-state index is 0.146. The highest BCUT2D eigenvalue weighted by atomic mass is 16.2. The molecule has 1 heterocycles. The smallest absolute Gasteiger partial charge is 0.270 e. The molecule has 0 radical (unpaired) electrons. The Morgan fingerprint density at radius 2 is 2.00 bits per heavy atom. The number of nitrogens with one attached hydrogen (secondary N) is 2. The number of pyridine rings is 1. The third kappa shape index (κ3) is 6.20. The fraction of sp³-hybridized carbons (Fsp3) is 0.571. The summed E-state index contributed by atoms with van der Waals surface area (Å²) < 4.78 is 0. The Morgan fingerprint density at radius 3 is 2.47 bits per heavy atom. The summed E-state index contributed by atoms with van der Waals surface area (Å²) in [7, 11) is 4.06. The Balaban J connectivity index is 2.54. The number of carbonyl (C=O) groups is 1. The van der Waals surface area contributed by atoms with E-state index in [1.807, 2.05) is 40.9 Å². The predicted molar refractivity (Wildman–Crippen MR) is 78.5 cm³/mol. The number of nitrogens with zero attached hydrogens (tertiary/aromatic N) is 2. The van der Waals surface area contributed by atoms with E-state index in [4.69, 9.17) is 0 Å². The molecule has 0 unspecified atom stereocenters. The van der Waals surface area contributed by atoms with Gasteiger partial charge in [0.15, 0.2) is 0 Å². The monoisotopic (exact) mass is 264 g/mol. The number of rotatable bonds is 5. The summed E-state index contributed by atoms with van der Waals surface area (Å²) in [6, 6.07) is 3.61. The van der Waals surface area contributed by atoms with E-state index in [9.17, 15) is 4.79 Å². The summed E-state index contributed by atoms with van der Waals surface area (Å²) in [5, 5.41) is 6.14. The highest BCUT2D eigenvalue weighted by molar-refractivity contribution is 5.92. The molecule has 1 rings (SSSR count). The molecule has 0 bridgehead atoms. The molecular formula is C14H24N4O. The lowest BCUT2D eigenvalue weighted by Gasteiger charge is -2.20. The van der Waals surface area contributed by atoms with Crippen LogP contribution in [-0.4, -0.2) is 48.5 Å². The van der Waals surface area contributed by atoms with Crippen molar-refractivity contribution >= 4 is 11.6 Å². The molecule has 0 aliphatic heterocycles. The van der Waals surface area contributed by atoms with Crippen molar-refractivity contribution in [1.82, 2.24) is 15.2 Å². The highest BCUT2D eigenvalue weighted by Crippen LogP contribution is 2.07. The number of likely N-dealkylation sites (N-methyl/N-ethyl adjacent to an activating group) is 1. The molecule has 5 nitrogen and oxygen atoms in total. The first-order valence-corrected chi connectivity index (χ1v) is 6.45. The zero-order valence-corrected chi connectivity index (χ0v) is 12.4. The molecule has 0 saturated carbocycles. The molecule has 0 spiro atoms. The van der Waals surface area contributed by atoms with Gasteiger partial charge in [-0.05, 0) is 47.0 Å². The van der Waals surface area contributed by atoms with Crippen LogP contribution in [0.3, 0.4) is 0 Å². The Hall–Kier alpha value is -1.62. The van der Waals surface area contributed by atoms with Crippen molar-refractivity contribution < 1.29 is 4.79 Å². The van der Waals surface area contributed by atoms with Crippen molar-refractivity contribution in [3.05, 3.63) is 24.0 Å². The van der Waals surface area contributed by atoms with Crippen LogP contribution in [0.2, 0.25) is 0 Å². The maximum atomic E-state index is 11.9. The average molecular weight is 264 g/mol. The molecule has 5 heteroatoms. The summed E-state index contributed by atoms with van der Waals surface area (Å²) in [6.07, 6.45) is 1.69. The number of anilines is 1. The number of aromatic nitrogens is 1. The second kappa shape index (κ2) is 6.52. The van der Waals surface area contributed by atoms with Gasteiger partial charge in [-0.2, -0.15) is 0 Å². The van der Waals surface area contributed by atoms with E-state index < -0.39 is 0 Å². The molecule has 0 aliphatic rings. The fourth-order valence-corrected chi connectivity index (χ4v) is 1.46. The van der Waals surface area contributed by atoms with Crippen LogP contribution >= 0.6 is 0 Å². The van der Waals surface area contributed by atoms with E-state index in [1.165, 1.54) is 0 Å². The Morgan fingerprint density at radius 1 is 1.32 bits per heavy atom. The van der Waals surface area contributed by atoms with Crippen LogP contribution < -0.4 is 10.6 Å². The lowest BCUT2D eigenvalue weighted by atomic mass is 10.1. The van der Waals surface area contributed by atoms with Crippen LogP contribution in [0.25, 0.3) is 0 Å². The third-order valence-electron chi connectivity index (χ3n) is 2.37. The minimum Gasteiger partial charge on any atom is -0.383 e. The number of hydrogen-bond donors (Lipinski definition) is 2. The SMILES string of the molecule is CN(C)CCNc1ccc(C(=O)NC(C)(C)C)nc1. The summed E-state index contributed by atoms with van der Waals surface area (Å²) in [4.78, 5) is 18.1. The Labute approximate surface area is 115 Å². The van der Waals surface area contributed by atoms with Crippen LogP contribution in [0.4, 0.5) is 5.69 Å². The molecule has 1 aromatic heterocycles. The van der Waals surface area contributed by atoms with Gasteiger partial charge in [0.1, 0.15) is 5.69 Å². The number of carbonyl (C=O) groups excluding carboxylic acids is 1. The van der Waals surface area contributed by atoms with E-state index in [2.05, 4.69) is 20.5 Å². The first kappa shape index (κ1) is 15.4. The van der Waals surface area contributed by atoms with Crippen LogP contribution in [0.1, 0.15) is 31.3 Å². The van der Waals surface area contributed by atoms with Gasteiger partial charge in [-0.15, -0.1) is 0 Å². The molecule has 0 fully saturated rings. The lowest BCUT2D eigenvalue weighted by Crippen LogP contribution is -2.40. The molecule has 0 aliphatic carbocycles. The Bertz CT molecular complexity index is 406. The van der Waals surface area contributed by atoms with E-state index in [-0.39, 0.29) is 11.4 Å². The quantitative estimate of drug-likeness (QED) is 0.848. The maximum absolute atomic E-state index is 11.9. The molecule has 0 atom stereocenters. The van der Waals surface area contributed by atoms with Gasteiger partial charge < -0.3 is 15.5 Å². The standard InChI is InChI=1S/C14H24N4O/c1-14(2,3)17-13(19)12-7-6-11(10-16-12)15-8-9-18(4)5/h6-7,10,15H,8-9H2,1-5H3,(H,17,19). The van der Waals surface area contributed by atoms with E-state index in [0.29, 0.717) is 5.69 Å². The molecular weight excluding hydrogens is 240 g/mol. The van der Waals surface area contributed by atoms with E-state index >= 15 is 0 Å². The summed E-state index contributed by atoms with van der Waals surface area (Å²) in [6.45, 7) is 7.64. The minimum atomic E-state index is -0.249. The largest absolute Gasteiger partial charge is 0.383 e. The summed E-state index contributed by atoms with van der Waals surface area (Å²) in [5.74, 6) is -0.146. The van der Waals surface area contributed by atoms with Crippen LogP contribution in [0, 0.1) is 0 Å². The van der Waals surface area contributed by atoms with Gasteiger partial charge in [-0.1, -0.05) is 0 Å². The first-order chi connectivity index (χ1) is 8.78. The molecule has 0 saturated heterocycles. The van der Waals surface area contributed by atoms with Gasteiger partial charge in [0.2, 0.25) is 0 Å². The second-order valence-electron chi connectivity index (χ2n) is 5.87. The normalized spacial score (nSPS) is 11.5. The molecule has 1 aromatic rings. The lowest BCUT2D eigenvalue weighted by molar-refractivity contribution is 0.0914. The van der Waals surface area contributed by atoms with Gasteiger partial charge in [0.25, 0.3) is 5.91 Å². The molecule has 19 heavy (non-hydrogen) atoms. The van der Waals surface area contributed by atoms with E-state index in [0.717, 1.165) is 18.8 Å². The third-order valence-corrected chi connectivity index (χ3v) is 2.37. The molecule has 2 N–H and O–H groups in total. The highest BCUT2D eigenvalue weighted by Gasteiger charge is 2.15. The van der Waals surface area contributed by atoms with Gasteiger partial charge in [-0.3, -0.25) is 4.79 Å². The number of amides is 1. The van der Waals surface area contributed by atoms with Crippen LogP contribution in [0.15, 0.2) is 18.3 Å². The van der Waals surface area contributed by atoms with Crippen molar-refractivity contribution in [2.24, 2.45) is 0 Å². The fourth-order valence-electron chi connectivity index (χ4n) is 1.46. The van der Waals surface area contributed by atoms with Gasteiger partial charge in [0.05, 0.1) is 11.9 Å². The second-order valence-corrected chi connectivity index (χ2v) is 5.87. The molecule has 0 aromatic carbocycles. The van der Waals surface area contributed by atoms with Crippen molar-refractivity contribution in [3.63, 3.8) is 0 Å². The van der Waals surface area contributed by atoms with Crippen LogP contribution in [-0.2, 0) is 0 Å². The van der Waals surface area contributed by atoms with Crippen molar-refractivity contribution in [2.75, 3.05) is 32.5 Å². The summed E-state index contributed by atoms with van der Waals surface area (Å²) >= 11 is 0. The van der Waals surface area contributed by atoms with Gasteiger partial charge in [0, 0.05) is 18.6 Å². The predicted octanol–water partition coefficient (Wildman–Crippen LogP) is 1.58. The van der Waals surface area contributed by atoms with Crippen molar-refractivity contribution in [3.8, 4) is 0 Å². The van der Waals surface area contributed by atoms with Gasteiger partial charge >= 0.3 is 0 Å². The average Bonchev–Trinajstić information content (AvgIpc) is 2.27. The Kier molecular flexibility index (Phi) is 5.30. The van der Waals surface area contributed by atoms with Crippen LogP contribution in [0.5, 0.6) is 0 Å². The first-order valence-electron chi connectivity index (χ1n) is 6.45. The maximum Gasteiger partial charge on any atom is 0.270 e.